The van der Waals surface area contributed by atoms with Crippen LogP contribution in [0.1, 0.15) is 62.8 Å². The van der Waals surface area contributed by atoms with E-state index in [1.165, 1.54) is 29.0 Å². The van der Waals surface area contributed by atoms with Crippen LogP contribution in [0.2, 0.25) is 0 Å². The lowest BCUT2D eigenvalue weighted by molar-refractivity contribution is -0.118. The van der Waals surface area contributed by atoms with E-state index >= 15 is 0 Å². The Kier molecular flexibility index (Phi) is 5.38. The Morgan fingerprint density at radius 3 is 2.19 bits per heavy atom. The van der Waals surface area contributed by atoms with E-state index < -0.39 is 0 Å². The third-order valence-electron chi connectivity index (χ3n) is 6.86. The summed E-state index contributed by atoms with van der Waals surface area (Å²) in [6, 6.07) is 7.67. The number of phenols is 2. The molecule has 6 heteroatoms. The number of nitrogens with one attached hydrogen (secondary N) is 1. The zero-order chi connectivity index (χ0) is 22.7. The Morgan fingerprint density at radius 2 is 1.61 bits per heavy atom. The lowest BCUT2D eigenvalue weighted by Crippen LogP contribution is -2.34. The van der Waals surface area contributed by atoms with Crippen LogP contribution in [0.25, 0.3) is 11.1 Å². The smallest absolute Gasteiger partial charge is 0.239 e. The summed E-state index contributed by atoms with van der Waals surface area (Å²) in [5.41, 5.74) is 6.21. The monoisotopic (exact) mass is 455 g/mol. The van der Waals surface area contributed by atoms with Gasteiger partial charge in [-0.05, 0) is 77.0 Å². The largest absolute Gasteiger partial charge is 0.508 e. The standard InChI is InChI=1S/C25H29NO3S2/c1-13-8-17-18(25(4,5)7-6-24(17,2)3)11-15(13)16-9-14(19(27)12-20(16)28)10-21-22(29)26-23(30)31-21/h8-9,11-12,21,27-28H,6-7,10H2,1-5H3,(H,26,29,30). The second-order valence-corrected chi connectivity index (χ2v) is 11.9. The van der Waals surface area contributed by atoms with Gasteiger partial charge in [0.1, 0.15) is 15.8 Å². The van der Waals surface area contributed by atoms with Crippen LogP contribution in [0.3, 0.4) is 0 Å². The summed E-state index contributed by atoms with van der Waals surface area (Å²) in [5, 5.41) is 23.4. The average Bonchev–Trinajstić information content (AvgIpc) is 2.98. The predicted molar refractivity (Wildman–Crippen MR) is 131 cm³/mol. The Morgan fingerprint density at radius 1 is 1.00 bits per heavy atom. The first-order valence-electron chi connectivity index (χ1n) is 10.6. The van der Waals surface area contributed by atoms with Crippen LogP contribution in [-0.4, -0.2) is 25.7 Å². The van der Waals surface area contributed by atoms with Crippen LogP contribution in [0, 0.1) is 6.92 Å². The van der Waals surface area contributed by atoms with Crippen molar-refractivity contribution in [3.8, 4) is 22.6 Å². The average molecular weight is 456 g/mol. The van der Waals surface area contributed by atoms with Crippen molar-refractivity contribution in [2.75, 3.05) is 0 Å². The number of benzene rings is 2. The van der Waals surface area contributed by atoms with Crippen molar-refractivity contribution in [1.82, 2.24) is 5.32 Å². The summed E-state index contributed by atoms with van der Waals surface area (Å²) in [7, 11) is 0. The second kappa shape index (κ2) is 7.52. The topological polar surface area (TPSA) is 69.6 Å². The van der Waals surface area contributed by atoms with Gasteiger partial charge in [-0.25, -0.2) is 0 Å². The van der Waals surface area contributed by atoms with Gasteiger partial charge in [-0.2, -0.15) is 0 Å². The van der Waals surface area contributed by atoms with Crippen molar-refractivity contribution in [1.29, 1.82) is 0 Å². The van der Waals surface area contributed by atoms with E-state index in [-0.39, 0.29) is 33.5 Å². The first-order chi connectivity index (χ1) is 14.4. The maximum Gasteiger partial charge on any atom is 0.239 e. The molecule has 4 rings (SSSR count). The molecule has 1 amide bonds. The molecule has 0 aromatic heterocycles. The fourth-order valence-electron chi connectivity index (χ4n) is 4.74. The summed E-state index contributed by atoms with van der Waals surface area (Å²) in [6.07, 6.45) is 2.60. The van der Waals surface area contributed by atoms with Gasteiger partial charge in [-0.1, -0.05) is 57.7 Å². The lowest BCUT2D eigenvalue weighted by atomic mass is 9.62. The molecule has 2 aromatic rings. The molecule has 2 aromatic carbocycles. The molecule has 1 unspecified atom stereocenters. The number of aromatic hydroxyl groups is 2. The number of thioether (sulfide) groups is 1. The fraction of sp³-hybridized carbons (Fsp3) is 0.440. The molecule has 1 heterocycles. The molecule has 1 fully saturated rings. The quantitative estimate of drug-likeness (QED) is 0.535. The van der Waals surface area contributed by atoms with Gasteiger partial charge in [-0.15, -0.1) is 0 Å². The molecular formula is C25H29NO3S2. The molecule has 1 atom stereocenters. The molecule has 4 nitrogen and oxygen atoms in total. The molecule has 1 aliphatic heterocycles. The van der Waals surface area contributed by atoms with Gasteiger partial charge in [0, 0.05) is 11.6 Å². The SMILES string of the molecule is Cc1cc2c(cc1-c1cc(CC3SC(=S)NC3=O)c(O)cc1O)C(C)(C)CCC2(C)C. The predicted octanol–water partition coefficient (Wildman–Crippen LogP) is 5.48. The summed E-state index contributed by atoms with van der Waals surface area (Å²) in [4.78, 5) is 12.1. The van der Waals surface area contributed by atoms with E-state index in [0.29, 0.717) is 21.9 Å². The lowest BCUT2D eigenvalue weighted by Gasteiger charge is -2.42. The molecule has 164 valence electrons. The Bertz CT molecular complexity index is 1100. The van der Waals surface area contributed by atoms with Crippen molar-refractivity contribution in [2.45, 2.75) is 70.0 Å². The van der Waals surface area contributed by atoms with Crippen molar-refractivity contribution in [3.63, 3.8) is 0 Å². The number of phenolic OH excluding ortho intramolecular Hbond substituents is 2. The number of hydrogen-bond acceptors (Lipinski definition) is 5. The molecule has 0 spiro atoms. The van der Waals surface area contributed by atoms with E-state index in [9.17, 15) is 15.0 Å². The number of amides is 1. The highest BCUT2D eigenvalue weighted by atomic mass is 32.2. The zero-order valence-electron chi connectivity index (χ0n) is 18.6. The zero-order valence-corrected chi connectivity index (χ0v) is 20.3. The molecule has 0 saturated carbocycles. The minimum atomic E-state index is -0.375. The van der Waals surface area contributed by atoms with Gasteiger partial charge in [0.2, 0.25) is 5.91 Å². The highest BCUT2D eigenvalue weighted by Crippen LogP contribution is 2.48. The number of aryl methyl sites for hydroxylation is 1. The first-order valence-corrected chi connectivity index (χ1v) is 11.9. The van der Waals surface area contributed by atoms with Gasteiger partial charge < -0.3 is 15.5 Å². The molecule has 1 aliphatic carbocycles. The minimum Gasteiger partial charge on any atom is -0.508 e. The van der Waals surface area contributed by atoms with Crippen molar-refractivity contribution < 1.29 is 15.0 Å². The number of carbonyl (C=O) groups is 1. The number of hydrogen-bond donors (Lipinski definition) is 3. The van der Waals surface area contributed by atoms with Crippen LogP contribution >= 0.6 is 24.0 Å². The van der Waals surface area contributed by atoms with Crippen LogP contribution in [-0.2, 0) is 22.0 Å². The van der Waals surface area contributed by atoms with E-state index in [1.54, 1.807) is 0 Å². The Hall–Kier alpha value is -2.05. The number of rotatable bonds is 3. The van der Waals surface area contributed by atoms with Crippen molar-refractivity contribution in [2.24, 2.45) is 0 Å². The highest BCUT2D eigenvalue weighted by Gasteiger charge is 2.37. The van der Waals surface area contributed by atoms with Gasteiger partial charge in [0.15, 0.2) is 0 Å². The summed E-state index contributed by atoms with van der Waals surface area (Å²) in [5.74, 6) is -0.112. The van der Waals surface area contributed by atoms with E-state index in [4.69, 9.17) is 12.2 Å². The summed E-state index contributed by atoms with van der Waals surface area (Å²) < 4.78 is 0.462. The molecule has 0 bridgehead atoms. The Labute approximate surface area is 193 Å². The van der Waals surface area contributed by atoms with Crippen LogP contribution in [0.4, 0.5) is 0 Å². The number of carbonyl (C=O) groups excluding carboxylic acids is 1. The van der Waals surface area contributed by atoms with Crippen molar-refractivity contribution in [3.05, 3.63) is 46.5 Å². The number of fused-ring (bicyclic) bond motifs is 1. The normalized spacial score (nSPS) is 21.6. The van der Waals surface area contributed by atoms with E-state index in [0.717, 1.165) is 24.0 Å². The third-order valence-corrected chi connectivity index (χ3v) is 8.23. The molecule has 2 aliphatic rings. The van der Waals surface area contributed by atoms with Crippen LogP contribution in [0.15, 0.2) is 24.3 Å². The summed E-state index contributed by atoms with van der Waals surface area (Å²) >= 11 is 6.39. The number of thiocarbonyl (C=S) groups is 1. The van der Waals surface area contributed by atoms with Crippen molar-refractivity contribution >= 4 is 34.2 Å². The Balaban J connectivity index is 1.81. The molecular weight excluding hydrogens is 426 g/mol. The first kappa shape index (κ1) is 22.2. The van der Waals surface area contributed by atoms with Gasteiger partial charge in [-0.3, -0.25) is 4.79 Å². The van der Waals surface area contributed by atoms with Crippen LogP contribution < -0.4 is 5.32 Å². The molecule has 31 heavy (non-hydrogen) atoms. The van der Waals surface area contributed by atoms with Crippen LogP contribution in [0.5, 0.6) is 11.5 Å². The van der Waals surface area contributed by atoms with E-state index in [2.05, 4.69) is 52.1 Å². The highest BCUT2D eigenvalue weighted by molar-refractivity contribution is 8.24. The van der Waals surface area contributed by atoms with Gasteiger partial charge >= 0.3 is 0 Å². The molecule has 0 radical (unpaired) electrons. The van der Waals surface area contributed by atoms with Gasteiger partial charge in [0.25, 0.3) is 0 Å². The maximum absolute atomic E-state index is 12.1. The minimum absolute atomic E-state index is 0.00968. The maximum atomic E-state index is 12.1. The van der Waals surface area contributed by atoms with Gasteiger partial charge in [0.05, 0.1) is 5.25 Å². The molecule has 1 saturated heterocycles. The third kappa shape index (κ3) is 3.96. The second-order valence-electron chi connectivity index (χ2n) is 10.1. The summed E-state index contributed by atoms with van der Waals surface area (Å²) in [6.45, 7) is 11.2. The molecule has 3 N–H and O–H groups in total. The fourth-order valence-corrected chi connectivity index (χ4v) is 6.04. The van der Waals surface area contributed by atoms with E-state index in [1.807, 2.05) is 6.07 Å².